The first-order valence-corrected chi connectivity index (χ1v) is 5.47. The predicted octanol–water partition coefficient (Wildman–Crippen LogP) is 3.77. The van der Waals surface area contributed by atoms with Gasteiger partial charge < -0.3 is 0 Å². The molecule has 1 aliphatic rings. The van der Waals surface area contributed by atoms with E-state index in [1.54, 1.807) is 13.0 Å². The van der Waals surface area contributed by atoms with E-state index in [0.29, 0.717) is 11.1 Å². The fraction of sp³-hybridized carbons (Fsp3) is 0.417. The summed E-state index contributed by atoms with van der Waals surface area (Å²) in [5.41, 5.74) is 0.947. The minimum Gasteiger partial charge on any atom is -0.294 e. The first kappa shape index (κ1) is 10.6. The number of benzene rings is 1. The first-order chi connectivity index (χ1) is 7.09. The van der Waals surface area contributed by atoms with E-state index >= 15 is 0 Å². The molecule has 0 radical (unpaired) electrons. The largest absolute Gasteiger partial charge is 0.294 e. The van der Waals surface area contributed by atoms with Crippen LogP contribution in [0.3, 0.4) is 0 Å². The van der Waals surface area contributed by atoms with Gasteiger partial charge in [-0.25, -0.2) is 4.39 Å². The van der Waals surface area contributed by atoms with E-state index in [0.717, 1.165) is 19.3 Å². The van der Waals surface area contributed by atoms with Crippen molar-refractivity contribution in [3.05, 3.63) is 34.1 Å². The quantitative estimate of drug-likeness (QED) is 0.702. The highest BCUT2D eigenvalue weighted by atomic mass is 35.5. The average molecular weight is 227 g/mol. The second kappa shape index (κ2) is 3.93. The molecule has 0 bridgehead atoms. The zero-order chi connectivity index (χ0) is 11.0. The molecule has 1 aromatic carbocycles. The minimum atomic E-state index is -0.356. The van der Waals surface area contributed by atoms with Crippen molar-refractivity contribution < 1.29 is 9.18 Å². The van der Waals surface area contributed by atoms with E-state index in [4.69, 9.17) is 11.6 Å². The number of carbonyl (C=O) groups excluding carboxylic acids is 1. The Hall–Kier alpha value is -0.890. The smallest absolute Gasteiger partial charge is 0.167 e. The summed E-state index contributed by atoms with van der Waals surface area (Å²) in [6.45, 7) is 1.64. The summed E-state index contributed by atoms with van der Waals surface area (Å²) in [5, 5.41) is 0.231. The molecule has 1 fully saturated rings. The molecule has 0 aliphatic heterocycles. The molecule has 1 nitrogen and oxygen atoms in total. The van der Waals surface area contributed by atoms with Crippen molar-refractivity contribution in [2.24, 2.45) is 5.92 Å². The molecule has 15 heavy (non-hydrogen) atoms. The van der Waals surface area contributed by atoms with E-state index in [1.807, 2.05) is 0 Å². The van der Waals surface area contributed by atoms with Crippen molar-refractivity contribution in [2.45, 2.75) is 26.2 Å². The van der Waals surface area contributed by atoms with E-state index in [1.165, 1.54) is 6.07 Å². The number of Topliss-reactive ketones (excluding diaryl/α,β-unsaturated/α-hetero) is 1. The second-order valence-corrected chi connectivity index (χ2v) is 4.48. The van der Waals surface area contributed by atoms with Gasteiger partial charge in [0.15, 0.2) is 5.78 Å². The van der Waals surface area contributed by atoms with Gasteiger partial charge in [-0.1, -0.05) is 18.0 Å². The first-order valence-electron chi connectivity index (χ1n) is 5.09. The number of halogens is 2. The van der Waals surface area contributed by atoms with E-state index in [9.17, 15) is 9.18 Å². The topological polar surface area (TPSA) is 17.1 Å². The third-order valence-corrected chi connectivity index (χ3v) is 3.30. The van der Waals surface area contributed by atoms with Gasteiger partial charge in [-0.2, -0.15) is 0 Å². The minimum absolute atomic E-state index is 0.0642. The number of aryl methyl sites for hydroxylation is 1. The Balaban J connectivity index is 2.34. The van der Waals surface area contributed by atoms with Gasteiger partial charge in [-0.3, -0.25) is 4.79 Å². The fourth-order valence-electron chi connectivity index (χ4n) is 1.74. The SMILES string of the molecule is Cc1cc(C(=O)C2CCC2)c(Cl)cc1F. The number of carbonyl (C=O) groups is 1. The van der Waals surface area contributed by atoms with Crippen LogP contribution < -0.4 is 0 Å². The molecule has 0 aromatic heterocycles. The lowest BCUT2D eigenvalue weighted by molar-refractivity contribution is 0.0855. The summed E-state index contributed by atoms with van der Waals surface area (Å²) < 4.78 is 13.1. The number of rotatable bonds is 2. The summed E-state index contributed by atoms with van der Waals surface area (Å²) in [5.74, 6) is -0.188. The van der Waals surface area contributed by atoms with Crippen LogP contribution in [0.4, 0.5) is 4.39 Å². The maximum absolute atomic E-state index is 13.1. The van der Waals surface area contributed by atoms with Gasteiger partial charge in [0.2, 0.25) is 0 Å². The second-order valence-electron chi connectivity index (χ2n) is 4.07. The normalized spacial score (nSPS) is 16.2. The van der Waals surface area contributed by atoms with Gasteiger partial charge in [-0.15, -0.1) is 0 Å². The van der Waals surface area contributed by atoms with Crippen molar-refractivity contribution in [1.29, 1.82) is 0 Å². The summed E-state index contributed by atoms with van der Waals surface area (Å²) in [7, 11) is 0. The lowest BCUT2D eigenvalue weighted by atomic mass is 9.80. The zero-order valence-electron chi connectivity index (χ0n) is 8.52. The van der Waals surface area contributed by atoms with Gasteiger partial charge in [0.25, 0.3) is 0 Å². The third kappa shape index (κ3) is 1.91. The molecule has 0 spiro atoms. The Bertz CT molecular complexity index is 410. The Morgan fingerprint density at radius 2 is 2.13 bits per heavy atom. The highest BCUT2D eigenvalue weighted by Gasteiger charge is 2.27. The third-order valence-electron chi connectivity index (χ3n) is 2.99. The molecule has 0 amide bonds. The van der Waals surface area contributed by atoms with Crippen molar-refractivity contribution in [3.8, 4) is 0 Å². The van der Waals surface area contributed by atoms with E-state index in [2.05, 4.69) is 0 Å². The lowest BCUT2D eigenvalue weighted by Crippen LogP contribution is -2.22. The van der Waals surface area contributed by atoms with E-state index < -0.39 is 0 Å². The van der Waals surface area contributed by atoms with Crippen LogP contribution in [0.15, 0.2) is 12.1 Å². The molecule has 1 aliphatic carbocycles. The molecule has 0 N–H and O–H groups in total. The van der Waals surface area contributed by atoms with Crippen LogP contribution in [-0.4, -0.2) is 5.78 Å². The molecule has 3 heteroatoms. The molecule has 0 unspecified atom stereocenters. The highest BCUT2D eigenvalue weighted by molar-refractivity contribution is 6.34. The maximum atomic E-state index is 13.1. The Kier molecular flexibility index (Phi) is 2.79. The summed E-state index contributed by atoms with van der Waals surface area (Å²) >= 11 is 5.86. The molecular formula is C12H12ClFO. The van der Waals surface area contributed by atoms with Crippen molar-refractivity contribution in [3.63, 3.8) is 0 Å². The van der Waals surface area contributed by atoms with Crippen LogP contribution in [-0.2, 0) is 0 Å². The zero-order valence-corrected chi connectivity index (χ0v) is 9.27. The Labute approximate surface area is 93.2 Å². The molecule has 80 valence electrons. The molecular weight excluding hydrogens is 215 g/mol. The molecule has 0 atom stereocenters. The monoisotopic (exact) mass is 226 g/mol. The number of ketones is 1. The van der Waals surface area contributed by atoms with Gasteiger partial charge in [0.1, 0.15) is 5.82 Å². The molecule has 1 aromatic rings. The summed E-state index contributed by atoms with van der Waals surface area (Å²) in [4.78, 5) is 11.9. The maximum Gasteiger partial charge on any atom is 0.167 e. The van der Waals surface area contributed by atoms with Gasteiger partial charge >= 0.3 is 0 Å². The van der Waals surface area contributed by atoms with Crippen LogP contribution in [0.5, 0.6) is 0 Å². The lowest BCUT2D eigenvalue weighted by Gasteiger charge is -2.24. The standard InChI is InChI=1S/C12H12ClFO/c1-7-5-9(10(13)6-11(7)14)12(15)8-3-2-4-8/h5-6,8H,2-4H2,1H3. The van der Waals surface area contributed by atoms with Gasteiger partial charge in [-0.05, 0) is 37.5 Å². The number of hydrogen-bond acceptors (Lipinski definition) is 1. The fourth-order valence-corrected chi connectivity index (χ4v) is 1.98. The Morgan fingerprint density at radius 1 is 1.47 bits per heavy atom. The van der Waals surface area contributed by atoms with E-state index in [-0.39, 0.29) is 22.5 Å². The molecule has 0 heterocycles. The molecule has 0 saturated heterocycles. The van der Waals surface area contributed by atoms with Crippen LogP contribution in [0.2, 0.25) is 5.02 Å². The summed E-state index contributed by atoms with van der Waals surface area (Å²) in [6, 6.07) is 2.78. The van der Waals surface area contributed by atoms with Gasteiger partial charge in [0.05, 0.1) is 5.02 Å². The predicted molar refractivity (Wildman–Crippen MR) is 57.8 cm³/mol. The van der Waals surface area contributed by atoms with Gasteiger partial charge in [0, 0.05) is 11.5 Å². The molecule has 2 rings (SSSR count). The van der Waals surface area contributed by atoms with Crippen molar-refractivity contribution >= 4 is 17.4 Å². The van der Waals surface area contributed by atoms with Crippen molar-refractivity contribution in [1.82, 2.24) is 0 Å². The van der Waals surface area contributed by atoms with Crippen LogP contribution in [0.1, 0.15) is 35.2 Å². The highest BCUT2D eigenvalue weighted by Crippen LogP contribution is 2.32. The van der Waals surface area contributed by atoms with Crippen LogP contribution in [0.25, 0.3) is 0 Å². The average Bonchev–Trinajstić information content (AvgIpc) is 2.08. The summed E-state index contributed by atoms with van der Waals surface area (Å²) in [6.07, 6.45) is 2.98. The Morgan fingerprint density at radius 3 is 2.67 bits per heavy atom. The molecule has 1 saturated carbocycles. The number of hydrogen-bond donors (Lipinski definition) is 0. The van der Waals surface area contributed by atoms with Crippen LogP contribution >= 0.6 is 11.6 Å². The van der Waals surface area contributed by atoms with Crippen LogP contribution in [0, 0.1) is 18.7 Å². The van der Waals surface area contributed by atoms with Crippen molar-refractivity contribution in [2.75, 3.05) is 0 Å².